The van der Waals surface area contributed by atoms with Crippen molar-refractivity contribution in [3.8, 4) is 5.75 Å². The Morgan fingerprint density at radius 2 is 1.97 bits per heavy atom. The van der Waals surface area contributed by atoms with E-state index in [0.29, 0.717) is 30.6 Å². The van der Waals surface area contributed by atoms with Crippen LogP contribution in [0, 0.1) is 13.8 Å². The van der Waals surface area contributed by atoms with E-state index in [1.807, 2.05) is 4.90 Å². The molecular weight excluding hydrogens is 392 g/mol. The van der Waals surface area contributed by atoms with Gasteiger partial charge in [-0.2, -0.15) is 0 Å². The van der Waals surface area contributed by atoms with E-state index in [4.69, 9.17) is 10.5 Å². The van der Waals surface area contributed by atoms with Crippen LogP contribution in [0.5, 0.6) is 5.75 Å². The van der Waals surface area contributed by atoms with E-state index in [1.165, 1.54) is 22.9 Å². The first-order valence-corrected chi connectivity index (χ1v) is 11.1. The molecule has 3 atom stereocenters. The van der Waals surface area contributed by atoms with Gasteiger partial charge in [-0.25, -0.2) is 0 Å². The highest BCUT2D eigenvalue weighted by Crippen LogP contribution is 2.39. The smallest absolute Gasteiger partial charge is 0.255 e. The lowest BCUT2D eigenvalue weighted by Crippen LogP contribution is -2.57. The topological polar surface area (TPSA) is 88.2 Å². The van der Waals surface area contributed by atoms with Gasteiger partial charge in [0, 0.05) is 37.9 Å². The molecule has 0 bridgehead atoms. The Morgan fingerprint density at radius 1 is 1.16 bits per heavy atom. The molecule has 2 fully saturated rings. The van der Waals surface area contributed by atoms with Crippen molar-refractivity contribution < 1.29 is 14.3 Å². The van der Waals surface area contributed by atoms with Gasteiger partial charge >= 0.3 is 0 Å². The molecule has 1 aromatic rings. The molecule has 2 N–H and O–H groups in total. The highest BCUT2D eigenvalue weighted by molar-refractivity contribution is 6.13. The number of piperazine rings is 1. The number of benzene rings is 1. The molecule has 4 rings (SSSR count). The Morgan fingerprint density at radius 3 is 2.65 bits per heavy atom. The zero-order chi connectivity index (χ0) is 22.1. The van der Waals surface area contributed by atoms with Gasteiger partial charge in [-0.05, 0) is 62.3 Å². The Labute approximate surface area is 183 Å². The molecule has 0 radical (unpaired) electrons. The third kappa shape index (κ3) is 4.11. The quantitative estimate of drug-likeness (QED) is 0.803. The fourth-order valence-electron chi connectivity index (χ4n) is 5.20. The van der Waals surface area contributed by atoms with Crippen molar-refractivity contribution in [2.75, 3.05) is 26.7 Å². The summed E-state index contributed by atoms with van der Waals surface area (Å²) in [6.45, 7) is 6.60. The van der Waals surface area contributed by atoms with Crippen LogP contribution in [-0.2, 0) is 9.59 Å². The second-order valence-corrected chi connectivity index (χ2v) is 8.79. The number of dihydropyridines is 1. The van der Waals surface area contributed by atoms with Crippen molar-refractivity contribution >= 4 is 18.0 Å². The van der Waals surface area contributed by atoms with Crippen molar-refractivity contribution in [2.45, 2.75) is 57.7 Å². The summed E-state index contributed by atoms with van der Waals surface area (Å²) in [4.78, 5) is 33.0. The predicted molar refractivity (Wildman–Crippen MR) is 120 cm³/mol. The third-order valence-electron chi connectivity index (χ3n) is 7.12. The van der Waals surface area contributed by atoms with E-state index >= 15 is 0 Å². The second-order valence-electron chi connectivity index (χ2n) is 8.79. The summed E-state index contributed by atoms with van der Waals surface area (Å²) in [7, 11) is 1.72. The number of fused-ring (bicyclic) bond motifs is 1. The minimum absolute atomic E-state index is 0.00455. The summed E-state index contributed by atoms with van der Waals surface area (Å²) in [6, 6.07) is 4.48. The maximum atomic E-state index is 13.0. The van der Waals surface area contributed by atoms with Crippen LogP contribution in [0.25, 0.3) is 0 Å². The highest BCUT2D eigenvalue weighted by atomic mass is 16.5. The number of amides is 2. The molecule has 7 heteroatoms. The van der Waals surface area contributed by atoms with Crippen LogP contribution in [0.15, 0.2) is 28.8 Å². The number of aliphatic imine (C=N–C) groups is 1. The van der Waals surface area contributed by atoms with Crippen LogP contribution in [0.1, 0.15) is 48.4 Å². The first kappa shape index (κ1) is 21.6. The first-order valence-electron chi connectivity index (χ1n) is 11.1. The lowest BCUT2D eigenvalue weighted by Gasteiger charge is -2.49. The van der Waals surface area contributed by atoms with Crippen molar-refractivity contribution in [3.05, 3.63) is 40.5 Å². The predicted octanol–water partition coefficient (Wildman–Crippen LogP) is 2.30. The zero-order valence-corrected chi connectivity index (χ0v) is 18.6. The summed E-state index contributed by atoms with van der Waals surface area (Å²) in [6.07, 6.45) is 7.11. The molecule has 166 valence electrons. The molecule has 0 saturated carbocycles. The second kappa shape index (κ2) is 8.83. The van der Waals surface area contributed by atoms with Crippen molar-refractivity contribution in [1.82, 2.24) is 9.80 Å². The number of rotatable bonds is 4. The minimum Gasteiger partial charge on any atom is -0.496 e. The van der Waals surface area contributed by atoms with E-state index in [-0.39, 0.29) is 5.91 Å². The number of carbonyl (C=O) groups is 2. The van der Waals surface area contributed by atoms with E-state index in [9.17, 15) is 9.59 Å². The largest absolute Gasteiger partial charge is 0.496 e. The maximum absolute atomic E-state index is 13.0. The SMILES string of the molecule is COc1ccc([C@H]2CCC[C@H]3CN(C(=O)C4=CCC(C(N)=O)N=C4)CCN32)c(C)c1C. The average Bonchev–Trinajstić information content (AvgIpc) is 2.79. The number of hydrogen-bond acceptors (Lipinski definition) is 5. The number of primary amides is 1. The van der Waals surface area contributed by atoms with Gasteiger partial charge in [-0.3, -0.25) is 19.5 Å². The summed E-state index contributed by atoms with van der Waals surface area (Å²) < 4.78 is 5.49. The van der Waals surface area contributed by atoms with Crippen LogP contribution in [0.2, 0.25) is 0 Å². The van der Waals surface area contributed by atoms with Crippen LogP contribution < -0.4 is 10.5 Å². The molecule has 3 aliphatic heterocycles. The molecular formula is C24H32N4O3. The van der Waals surface area contributed by atoms with Crippen molar-refractivity contribution in [3.63, 3.8) is 0 Å². The Balaban J connectivity index is 1.47. The normalized spacial score (nSPS) is 26.2. The standard InChI is InChI=1S/C24H32N4O3/c1-15-16(2)22(31-3)10-8-19(15)21-6-4-5-18-14-27(11-12-28(18)21)24(30)17-7-9-20(23(25)29)26-13-17/h7-8,10,13,18,20-21H,4-6,9,11-12,14H2,1-3H3,(H2,25,29)/t18-,20?,21+/m0/s1. The maximum Gasteiger partial charge on any atom is 0.255 e. The lowest BCUT2D eigenvalue weighted by atomic mass is 9.86. The van der Waals surface area contributed by atoms with Gasteiger partial charge in [0.1, 0.15) is 11.8 Å². The summed E-state index contributed by atoms with van der Waals surface area (Å²) in [5, 5.41) is 0. The minimum atomic E-state index is -0.552. The summed E-state index contributed by atoms with van der Waals surface area (Å²) in [5.74, 6) is 0.486. The molecule has 3 aliphatic rings. The fourth-order valence-corrected chi connectivity index (χ4v) is 5.20. The van der Waals surface area contributed by atoms with E-state index in [0.717, 1.165) is 38.1 Å². The van der Waals surface area contributed by atoms with Crippen LogP contribution >= 0.6 is 0 Å². The summed E-state index contributed by atoms with van der Waals surface area (Å²) >= 11 is 0. The highest BCUT2D eigenvalue weighted by Gasteiger charge is 2.38. The van der Waals surface area contributed by atoms with Gasteiger partial charge in [0.15, 0.2) is 0 Å². The lowest BCUT2D eigenvalue weighted by molar-refractivity contribution is -0.131. The number of methoxy groups -OCH3 is 1. The molecule has 31 heavy (non-hydrogen) atoms. The summed E-state index contributed by atoms with van der Waals surface area (Å²) in [5.41, 5.74) is 9.76. The molecule has 3 heterocycles. The molecule has 0 aromatic heterocycles. The first-order chi connectivity index (χ1) is 14.9. The van der Waals surface area contributed by atoms with Crippen molar-refractivity contribution in [1.29, 1.82) is 0 Å². The molecule has 1 unspecified atom stereocenters. The Kier molecular flexibility index (Phi) is 6.14. The zero-order valence-electron chi connectivity index (χ0n) is 18.6. The molecule has 0 spiro atoms. The van der Waals surface area contributed by atoms with Gasteiger partial charge in [-0.15, -0.1) is 0 Å². The fraction of sp³-hybridized carbons (Fsp3) is 0.542. The molecule has 2 saturated heterocycles. The van der Waals surface area contributed by atoms with Crippen LogP contribution in [0.4, 0.5) is 0 Å². The number of hydrogen-bond donors (Lipinski definition) is 1. The average molecular weight is 425 g/mol. The van der Waals surface area contributed by atoms with E-state index in [1.54, 1.807) is 13.2 Å². The van der Waals surface area contributed by atoms with Gasteiger partial charge < -0.3 is 15.4 Å². The number of piperidine rings is 1. The van der Waals surface area contributed by atoms with Gasteiger partial charge in [0.2, 0.25) is 5.91 Å². The number of ether oxygens (including phenoxy) is 1. The monoisotopic (exact) mass is 424 g/mol. The third-order valence-corrected chi connectivity index (χ3v) is 7.12. The van der Waals surface area contributed by atoms with Crippen molar-refractivity contribution in [2.24, 2.45) is 10.7 Å². The van der Waals surface area contributed by atoms with Gasteiger partial charge in [0.05, 0.1) is 12.7 Å². The molecule has 2 amide bonds. The van der Waals surface area contributed by atoms with Gasteiger partial charge in [0.25, 0.3) is 5.91 Å². The van der Waals surface area contributed by atoms with Crippen LogP contribution in [0.3, 0.4) is 0 Å². The Hall–Kier alpha value is -2.67. The van der Waals surface area contributed by atoms with Crippen LogP contribution in [-0.4, -0.2) is 66.7 Å². The number of carbonyl (C=O) groups excluding carboxylic acids is 2. The van der Waals surface area contributed by atoms with E-state index in [2.05, 4.69) is 35.9 Å². The molecule has 1 aromatic carbocycles. The molecule has 7 nitrogen and oxygen atoms in total. The molecule has 0 aliphatic carbocycles. The number of nitrogens with zero attached hydrogens (tertiary/aromatic N) is 3. The van der Waals surface area contributed by atoms with Gasteiger partial charge in [-0.1, -0.05) is 12.1 Å². The van der Waals surface area contributed by atoms with E-state index < -0.39 is 11.9 Å². The Bertz CT molecular complexity index is 939. The number of nitrogens with two attached hydrogens (primary N) is 1.